The highest BCUT2D eigenvalue weighted by Crippen LogP contribution is 2.16. The molecular formula is C17H17F2N3O2S. The van der Waals surface area contributed by atoms with Gasteiger partial charge in [0.15, 0.2) is 0 Å². The molecule has 0 atom stereocenters. The number of thiophene rings is 1. The Kier molecular flexibility index (Phi) is 5.40. The van der Waals surface area contributed by atoms with Crippen LogP contribution in [0.15, 0.2) is 35.7 Å². The van der Waals surface area contributed by atoms with Crippen LogP contribution in [-0.4, -0.2) is 54.3 Å². The summed E-state index contributed by atoms with van der Waals surface area (Å²) in [4.78, 5) is 28.7. The number of hydrogen-bond acceptors (Lipinski definition) is 4. The molecule has 0 spiro atoms. The lowest BCUT2D eigenvalue weighted by Crippen LogP contribution is -2.50. The van der Waals surface area contributed by atoms with Gasteiger partial charge in [0.05, 0.1) is 17.1 Å². The quantitative estimate of drug-likeness (QED) is 0.905. The van der Waals surface area contributed by atoms with Crippen LogP contribution < -0.4 is 5.32 Å². The van der Waals surface area contributed by atoms with Crippen LogP contribution in [0, 0.1) is 11.6 Å². The Bertz CT molecular complexity index is 759. The molecule has 1 fully saturated rings. The monoisotopic (exact) mass is 365 g/mol. The SMILES string of the molecule is O=C(CN1CCN(C(=O)c2cccs2)CC1)Nc1ccc(F)cc1F. The minimum absolute atomic E-state index is 0.00693. The van der Waals surface area contributed by atoms with E-state index >= 15 is 0 Å². The summed E-state index contributed by atoms with van der Waals surface area (Å²) in [5.74, 6) is -1.86. The van der Waals surface area contributed by atoms with Gasteiger partial charge in [-0.1, -0.05) is 6.07 Å². The third-order valence-corrected chi connectivity index (χ3v) is 4.82. The molecule has 2 heterocycles. The molecule has 2 aromatic rings. The number of carbonyl (C=O) groups is 2. The van der Waals surface area contributed by atoms with Gasteiger partial charge in [-0.15, -0.1) is 11.3 Å². The first kappa shape index (κ1) is 17.5. The summed E-state index contributed by atoms with van der Waals surface area (Å²) in [5.41, 5.74) is -0.0436. The Hall–Kier alpha value is -2.32. The number of benzene rings is 1. The molecule has 1 aliphatic heterocycles. The first-order valence-electron chi connectivity index (χ1n) is 7.83. The van der Waals surface area contributed by atoms with E-state index in [9.17, 15) is 18.4 Å². The van der Waals surface area contributed by atoms with Gasteiger partial charge in [0.1, 0.15) is 11.6 Å². The number of amides is 2. The first-order chi connectivity index (χ1) is 12.0. The molecule has 0 aliphatic carbocycles. The Balaban J connectivity index is 1.48. The summed E-state index contributed by atoms with van der Waals surface area (Å²) in [7, 11) is 0. The molecule has 1 N–H and O–H groups in total. The molecule has 1 aromatic carbocycles. The van der Waals surface area contributed by atoms with Crippen molar-refractivity contribution < 1.29 is 18.4 Å². The van der Waals surface area contributed by atoms with Crippen LogP contribution in [0.4, 0.5) is 14.5 Å². The maximum Gasteiger partial charge on any atom is 0.264 e. The number of hydrogen-bond donors (Lipinski definition) is 1. The number of carbonyl (C=O) groups excluding carboxylic acids is 2. The highest BCUT2D eigenvalue weighted by atomic mass is 32.1. The second-order valence-corrected chi connectivity index (χ2v) is 6.67. The lowest BCUT2D eigenvalue weighted by Gasteiger charge is -2.34. The summed E-state index contributed by atoms with van der Waals surface area (Å²) in [5, 5.41) is 4.30. The van der Waals surface area contributed by atoms with Crippen molar-refractivity contribution in [2.45, 2.75) is 0 Å². The number of nitrogens with one attached hydrogen (secondary N) is 1. The molecule has 1 saturated heterocycles. The van der Waals surface area contributed by atoms with E-state index in [1.165, 1.54) is 17.4 Å². The van der Waals surface area contributed by atoms with Gasteiger partial charge in [-0.05, 0) is 23.6 Å². The number of anilines is 1. The maximum atomic E-state index is 13.6. The van der Waals surface area contributed by atoms with Crippen molar-refractivity contribution in [3.8, 4) is 0 Å². The molecule has 0 saturated carbocycles. The maximum absolute atomic E-state index is 13.6. The molecule has 0 bridgehead atoms. The summed E-state index contributed by atoms with van der Waals surface area (Å²) in [6, 6.07) is 6.65. The van der Waals surface area contributed by atoms with Gasteiger partial charge in [0, 0.05) is 32.2 Å². The van der Waals surface area contributed by atoms with Gasteiger partial charge in [-0.2, -0.15) is 0 Å². The van der Waals surface area contributed by atoms with Crippen molar-refractivity contribution in [1.82, 2.24) is 9.80 Å². The predicted molar refractivity (Wildman–Crippen MR) is 91.7 cm³/mol. The Morgan fingerprint density at radius 2 is 1.88 bits per heavy atom. The Morgan fingerprint density at radius 1 is 1.12 bits per heavy atom. The van der Waals surface area contributed by atoms with Gasteiger partial charge >= 0.3 is 0 Å². The van der Waals surface area contributed by atoms with E-state index in [4.69, 9.17) is 0 Å². The van der Waals surface area contributed by atoms with Crippen molar-refractivity contribution in [2.75, 3.05) is 38.0 Å². The van der Waals surface area contributed by atoms with Crippen LogP contribution in [-0.2, 0) is 4.79 Å². The van der Waals surface area contributed by atoms with Crippen LogP contribution >= 0.6 is 11.3 Å². The molecule has 5 nitrogen and oxygen atoms in total. The van der Waals surface area contributed by atoms with E-state index in [2.05, 4.69) is 5.32 Å². The number of nitrogens with zero attached hydrogens (tertiary/aromatic N) is 2. The number of piperazine rings is 1. The van der Waals surface area contributed by atoms with Crippen molar-refractivity contribution in [3.63, 3.8) is 0 Å². The average molecular weight is 365 g/mol. The highest BCUT2D eigenvalue weighted by molar-refractivity contribution is 7.12. The van der Waals surface area contributed by atoms with Crippen LogP contribution in [0.1, 0.15) is 9.67 Å². The molecule has 3 rings (SSSR count). The van der Waals surface area contributed by atoms with Gasteiger partial charge in [0.25, 0.3) is 5.91 Å². The molecule has 1 aliphatic rings. The fourth-order valence-corrected chi connectivity index (χ4v) is 3.34. The fraction of sp³-hybridized carbons (Fsp3) is 0.294. The zero-order valence-electron chi connectivity index (χ0n) is 13.4. The van der Waals surface area contributed by atoms with Crippen LogP contribution in [0.25, 0.3) is 0 Å². The first-order valence-corrected chi connectivity index (χ1v) is 8.71. The number of halogens is 2. The van der Waals surface area contributed by atoms with Crippen molar-refractivity contribution in [1.29, 1.82) is 0 Å². The van der Waals surface area contributed by atoms with Gasteiger partial charge in [-0.3, -0.25) is 14.5 Å². The third kappa shape index (κ3) is 4.40. The molecule has 2 amide bonds. The van der Waals surface area contributed by atoms with E-state index in [0.717, 1.165) is 12.1 Å². The van der Waals surface area contributed by atoms with Crippen molar-refractivity contribution >= 4 is 28.8 Å². The molecule has 0 unspecified atom stereocenters. The molecule has 1 aromatic heterocycles. The highest BCUT2D eigenvalue weighted by Gasteiger charge is 2.23. The van der Waals surface area contributed by atoms with Crippen LogP contribution in [0.3, 0.4) is 0 Å². The largest absolute Gasteiger partial charge is 0.335 e. The predicted octanol–water partition coefficient (Wildman–Crippen LogP) is 2.42. The number of rotatable bonds is 4. The van der Waals surface area contributed by atoms with Gasteiger partial charge in [0.2, 0.25) is 5.91 Å². The zero-order chi connectivity index (χ0) is 17.8. The van der Waals surface area contributed by atoms with Crippen LogP contribution in [0.2, 0.25) is 0 Å². The summed E-state index contributed by atoms with van der Waals surface area (Å²) < 4.78 is 26.4. The second kappa shape index (κ2) is 7.71. The second-order valence-electron chi connectivity index (χ2n) is 5.72. The molecule has 0 radical (unpaired) electrons. The molecule has 25 heavy (non-hydrogen) atoms. The molecule has 8 heteroatoms. The summed E-state index contributed by atoms with van der Waals surface area (Å²) >= 11 is 1.41. The van der Waals surface area contributed by atoms with Crippen LogP contribution in [0.5, 0.6) is 0 Å². The van der Waals surface area contributed by atoms with E-state index in [1.807, 2.05) is 16.3 Å². The normalized spacial score (nSPS) is 15.2. The van der Waals surface area contributed by atoms with Crippen molar-refractivity contribution in [3.05, 3.63) is 52.2 Å². The van der Waals surface area contributed by atoms with Crippen molar-refractivity contribution in [2.24, 2.45) is 0 Å². The van der Waals surface area contributed by atoms with Gasteiger partial charge in [-0.25, -0.2) is 8.78 Å². The minimum atomic E-state index is -0.806. The van der Waals surface area contributed by atoms with E-state index in [-0.39, 0.29) is 24.0 Å². The van der Waals surface area contributed by atoms with E-state index in [0.29, 0.717) is 31.1 Å². The minimum Gasteiger partial charge on any atom is -0.335 e. The lowest BCUT2D eigenvalue weighted by molar-refractivity contribution is -0.117. The fourth-order valence-electron chi connectivity index (χ4n) is 2.65. The smallest absolute Gasteiger partial charge is 0.264 e. The topological polar surface area (TPSA) is 52.7 Å². The van der Waals surface area contributed by atoms with Gasteiger partial charge < -0.3 is 10.2 Å². The molecule has 132 valence electrons. The standard InChI is InChI=1S/C17H17F2N3O2S/c18-12-3-4-14(13(19)10-12)20-16(23)11-21-5-7-22(8-6-21)17(24)15-2-1-9-25-15/h1-4,9-10H,5-8,11H2,(H,20,23). The zero-order valence-corrected chi connectivity index (χ0v) is 14.2. The molecular weight excluding hydrogens is 348 g/mol. The lowest BCUT2D eigenvalue weighted by atomic mass is 10.2. The Morgan fingerprint density at radius 3 is 2.52 bits per heavy atom. The average Bonchev–Trinajstić information content (AvgIpc) is 3.12. The summed E-state index contributed by atoms with van der Waals surface area (Å²) in [6.45, 7) is 2.30. The summed E-state index contributed by atoms with van der Waals surface area (Å²) in [6.07, 6.45) is 0. The third-order valence-electron chi connectivity index (χ3n) is 3.96. The Labute approximate surface area is 147 Å². The van der Waals surface area contributed by atoms with E-state index in [1.54, 1.807) is 11.0 Å². The van der Waals surface area contributed by atoms with E-state index < -0.39 is 11.6 Å².